The monoisotopic (exact) mass is 297 g/mol. The minimum atomic E-state index is -3.35. The van der Waals surface area contributed by atoms with Crippen LogP contribution in [-0.2, 0) is 9.84 Å². The molecule has 20 heavy (non-hydrogen) atoms. The van der Waals surface area contributed by atoms with E-state index in [9.17, 15) is 13.2 Å². The van der Waals surface area contributed by atoms with Crippen molar-refractivity contribution in [1.29, 1.82) is 0 Å². The second-order valence-corrected chi connectivity index (χ2v) is 7.12. The molecule has 5 nitrogen and oxygen atoms in total. The molecule has 1 saturated carbocycles. The number of hydrogen-bond donors (Lipinski definition) is 1. The molecule has 0 aromatic heterocycles. The predicted octanol–water partition coefficient (Wildman–Crippen LogP) is 1.64. The summed E-state index contributed by atoms with van der Waals surface area (Å²) in [4.78, 5) is 13.1. The summed E-state index contributed by atoms with van der Waals surface area (Å²) in [6.45, 7) is 3.43. The lowest BCUT2D eigenvalue weighted by Crippen LogP contribution is -2.31. The summed E-state index contributed by atoms with van der Waals surface area (Å²) in [5.74, 6) is -0.983. The van der Waals surface area contributed by atoms with Gasteiger partial charge in [-0.2, -0.15) is 0 Å². The molecule has 6 heteroatoms. The molecule has 0 aliphatic heterocycles. The molecule has 1 aromatic rings. The number of rotatable bonds is 7. The SMILES string of the molecule is CCN(CCS(=O)(=O)c1ccc(C(=O)O)cc1)C1CC1. The first-order valence-electron chi connectivity index (χ1n) is 6.74. The zero-order valence-electron chi connectivity index (χ0n) is 11.4. The topological polar surface area (TPSA) is 74.7 Å². The number of benzene rings is 1. The molecule has 1 aromatic carbocycles. The van der Waals surface area contributed by atoms with Crippen LogP contribution in [0.5, 0.6) is 0 Å². The van der Waals surface area contributed by atoms with Gasteiger partial charge in [0.15, 0.2) is 9.84 Å². The van der Waals surface area contributed by atoms with Crippen LogP contribution in [-0.4, -0.2) is 49.3 Å². The van der Waals surface area contributed by atoms with Crippen LogP contribution in [0.1, 0.15) is 30.1 Å². The molecule has 0 heterocycles. The van der Waals surface area contributed by atoms with Gasteiger partial charge in [-0.15, -0.1) is 0 Å². The van der Waals surface area contributed by atoms with E-state index in [0.717, 1.165) is 19.4 Å². The van der Waals surface area contributed by atoms with E-state index in [-0.39, 0.29) is 16.2 Å². The number of carbonyl (C=O) groups is 1. The lowest BCUT2D eigenvalue weighted by molar-refractivity contribution is 0.0696. The Balaban J connectivity index is 2.03. The number of carboxylic acid groups (broad SMARTS) is 1. The van der Waals surface area contributed by atoms with E-state index in [4.69, 9.17) is 5.11 Å². The molecule has 2 rings (SSSR count). The average Bonchev–Trinajstić information content (AvgIpc) is 3.24. The third-order valence-corrected chi connectivity index (χ3v) is 5.29. The molecule has 1 fully saturated rings. The van der Waals surface area contributed by atoms with Crippen LogP contribution in [0.4, 0.5) is 0 Å². The first-order valence-corrected chi connectivity index (χ1v) is 8.39. The Morgan fingerprint density at radius 1 is 1.30 bits per heavy atom. The molecule has 0 bridgehead atoms. The van der Waals surface area contributed by atoms with Crippen molar-refractivity contribution in [3.05, 3.63) is 29.8 Å². The van der Waals surface area contributed by atoms with Crippen molar-refractivity contribution in [3.8, 4) is 0 Å². The quantitative estimate of drug-likeness (QED) is 0.828. The normalized spacial score (nSPS) is 15.5. The molecule has 1 N–H and O–H groups in total. The van der Waals surface area contributed by atoms with Crippen molar-refractivity contribution in [3.63, 3.8) is 0 Å². The largest absolute Gasteiger partial charge is 0.478 e. The van der Waals surface area contributed by atoms with Gasteiger partial charge in [0.1, 0.15) is 0 Å². The summed E-state index contributed by atoms with van der Waals surface area (Å²) >= 11 is 0. The van der Waals surface area contributed by atoms with Crippen molar-refractivity contribution in [2.45, 2.75) is 30.7 Å². The first kappa shape index (κ1) is 15.0. The van der Waals surface area contributed by atoms with E-state index >= 15 is 0 Å². The Hall–Kier alpha value is -1.40. The fraction of sp³-hybridized carbons (Fsp3) is 0.500. The van der Waals surface area contributed by atoms with Gasteiger partial charge in [-0.05, 0) is 43.7 Å². The highest BCUT2D eigenvalue weighted by Gasteiger charge is 2.28. The minimum absolute atomic E-state index is 0.0732. The van der Waals surface area contributed by atoms with E-state index in [0.29, 0.717) is 12.6 Å². The summed E-state index contributed by atoms with van der Waals surface area (Å²) in [7, 11) is -3.35. The van der Waals surface area contributed by atoms with Gasteiger partial charge in [-0.25, -0.2) is 13.2 Å². The summed E-state index contributed by atoms with van der Waals surface area (Å²) in [5.41, 5.74) is 0.0946. The van der Waals surface area contributed by atoms with Crippen molar-refractivity contribution < 1.29 is 18.3 Å². The second-order valence-electron chi connectivity index (χ2n) is 5.01. The van der Waals surface area contributed by atoms with Gasteiger partial charge in [-0.1, -0.05) is 6.92 Å². The molecular weight excluding hydrogens is 278 g/mol. The van der Waals surface area contributed by atoms with E-state index in [1.165, 1.54) is 24.3 Å². The van der Waals surface area contributed by atoms with Crippen molar-refractivity contribution in [2.24, 2.45) is 0 Å². The van der Waals surface area contributed by atoms with Crippen molar-refractivity contribution >= 4 is 15.8 Å². The zero-order valence-corrected chi connectivity index (χ0v) is 12.3. The summed E-state index contributed by atoms with van der Waals surface area (Å²) in [6, 6.07) is 5.93. The van der Waals surface area contributed by atoms with Gasteiger partial charge >= 0.3 is 5.97 Å². The van der Waals surface area contributed by atoms with Gasteiger partial charge in [-0.3, -0.25) is 4.90 Å². The van der Waals surface area contributed by atoms with E-state index in [1.54, 1.807) is 0 Å². The highest BCUT2D eigenvalue weighted by molar-refractivity contribution is 7.91. The highest BCUT2D eigenvalue weighted by Crippen LogP contribution is 2.26. The van der Waals surface area contributed by atoms with E-state index < -0.39 is 15.8 Å². The minimum Gasteiger partial charge on any atom is -0.478 e. The maximum absolute atomic E-state index is 12.2. The summed E-state index contributed by atoms with van der Waals surface area (Å²) < 4.78 is 24.4. The Bertz CT molecular complexity index is 576. The van der Waals surface area contributed by atoms with Crippen LogP contribution in [0.25, 0.3) is 0 Å². The fourth-order valence-electron chi connectivity index (χ4n) is 2.20. The van der Waals surface area contributed by atoms with Crippen LogP contribution < -0.4 is 0 Å². The van der Waals surface area contributed by atoms with Crippen LogP contribution in [0, 0.1) is 0 Å². The Kier molecular flexibility index (Phi) is 4.45. The molecular formula is C14H19NO4S. The van der Waals surface area contributed by atoms with E-state index in [2.05, 4.69) is 4.90 Å². The summed E-state index contributed by atoms with van der Waals surface area (Å²) in [6.07, 6.45) is 2.31. The molecule has 0 spiro atoms. The van der Waals surface area contributed by atoms with Crippen molar-refractivity contribution in [1.82, 2.24) is 4.90 Å². The lowest BCUT2D eigenvalue weighted by atomic mass is 10.2. The smallest absolute Gasteiger partial charge is 0.335 e. The molecule has 0 atom stereocenters. The fourth-order valence-corrected chi connectivity index (χ4v) is 3.46. The lowest BCUT2D eigenvalue weighted by Gasteiger charge is -2.19. The van der Waals surface area contributed by atoms with Gasteiger partial charge < -0.3 is 5.11 Å². The first-order chi connectivity index (χ1) is 9.44. The average molecular weight is 297 g/mol. The molecule has 0 unspecified atom stereocenters. The van der Waals surface area contributed by atoms with Crippen LogP contribution in [0.3, 0.4) is 0 Å². The van der Waals surface area contributed by atoms with Crippen LogP contribution in [0.2, 0.25) is 0 Å². The van der Waals surface area contributed by atoms with Gasteiger partial charge in [0.25, 0.3) is 0 Å². The molecule has 1 aliphatic rings. The number of nitrogens with zero attached hydrogens (tertiary/aromatic N) is 1. The summed E-state index contributed by atoms with van der Waals surface area (Å²) in [5, 5.41) is 8.80. The standard InChI is InChI=1S/C14H19NO4S/c1-2-15(12-5-6-12)9-10-20(18,19)13-7-3-11(4-8-13)14(16)17/h3-4,7-8,12H,2,5-6,9-10H2,1H3,(H,16,17). The molecule has 1 aliphatic carbocycles. The molecule has 0 radical (unpaired) electrons. The van der Waals surface area contributed by atoms with Gasteiger partial charge in [0.05, 0.1) is 16.2 Å². The highest BCUT2D eigenvalue weighted by atomic mass is 32.2. The Morgan fingerprint density at radius 2 is 1.90 bits per heavy atom. The van der Waals surface area contributed by atoms with Crippen LogP contribution in [0.15, 0.2) is 29.2 Å². The number of sulfone groups is 1. The third kappa shape index (κ3) is 3.58. The second kappa shape index (κ2) is 5.93. The predicted molar refractivity (Wildman–Crippen MR) is 75.7 cm³/mol. The molecule has 110 valence electrons. The Labute approximate surface area is 119 Å². The number of aromatic carboxylic acids is 1. The van der Waals surface area contributed by atoms with Gasteiger partial charge in [0.2, 0.25) is 0 Å². The van der Waals surface area contributed by atoms with Gasteiger partial charge in [0, 0.05) is 12.6 Å². The third-order valence-electron chi connectivity index (χ3n) is 3.58. The molecule has 0 saturated heterocycles. The maximum Gasteiger partial charge on any atom is 0.335 e. The maximum atomic E-state index is 12.2. The number of hydrogen-bond acceptors (Lipinski definition) is 4. The molecule has 0 amide bonds. The van der Waals surface area contributed by atoms with E-state index in [1.807, 2.05) is 6.92 Å². The van der Waals surface area contributed by atoms with Crippen molar-refractivity contribution in [2.75, 3.05) is 18.8 Å². The zero-order chi connectivity index (χ0) is 14.8. The number of carboxylic acids is 1. The Morgan fingerprint density at radius 3 is 2.35 bits per heavy atom. The van der Waals surface area contributed by atoms with Crippen LogP contribution >= 0.6 is 0 Å².